The number of nitrogens with zero attached hydrogens (tertiary/aromatic N) is 2. The molecule has 0 saturated heterocycles. The van der Waals surface area contributed by atoms with Gasteiger partial charge in [-0.1, -0.05) is 30.7 Å². The number of hydrogen-bond donors (Lipinski definition) is 1. The van der Waals surface area contributed by atoms with Gasteiger partial charge in [-0.25, -0.2) is 0 Å². The smallest absolute Gasteiger partial charge is 0.0571 e. The largest absolute Gasteiger partial charge is 0.313 e. The maximum Gasteiger partial charge on any atom is 0.0571 e. The molecular weight excluding hydrogens is 246 g/mol. The Labute approximate surface area is 122 Å². The van der Waals surface area contributed by atoms with E-state index >= 15 is 0 Å². The van der Waals surface area contributed by atoms with Gasteiger partial charge >= 0.3 is 0 Å². The zero-order chi connectivity index (χ0) is 14.5. The number of benzene rings is 1. The van der Waals surface area contributed by atoms with Crippen molar-refractivity contribution in [1.82, 2.24) is 15.1 Å². The van der Waals surface area contributed by atoms with Crippen LogP contribution in [0.4, 0.5) is 0 Å². The molecule has 0 saturated carbocycles. The average molecular weight is 271 g/mol. The Morgan fingerprint density at radius 3 is 2.60 bits per heavy atom. The second kappa shape index (κ2) is 6.71. The fraction of sp³-hybridized carbons (Fsp3) is 0.471. The Balaban J connectivity index is 2.37. The fourth-order valence-electron chi connectivity index (χ4n) is 2.52. The lowest BCUT2D eigenvalue weighted by Crippen LogP contribution is -2.14. The zero-order valence-corrected chi connectivity index (χ0v) is 13.0. The van der Waals surface area contributed by atoms with E-state index in [9.17, 15) is 0 Å². The molecule has 0 bridgehead atoms. The minimum absolute atomic E-state index is 0.917. The SMILES string of the molecule is CCCNCc1ccc(C)cc1-c1cnn(CC)c1C. The molecule has 0 aliphatic heterocycles. The van der Waals surface area contributed by atoms with E-state index in [0.717, 1.165) is 26.1 Å². The first-order valence-electron chi connectivity index (χ1n) is 7.50. The molecule has 3 heteroatoms. The molecule has 2 rings (SSSR count). The van der Waals surface area contributed by atoms with Crippen molar-refractivity contribution in [3.63, 3.8) is 0 Å². The third-order valence-electron chi connectivity index (χ3n) is 3.70. The van der Waals surface area contributed by atoms with Crippen molar-refractivity contribution in [2.45, 2.75) is 47.2 Å². The van der Waals surface area contributed by atoms with Gasteiger partial charge in [0, 0.05) is 24.3 Å². The van der Waals surface area contributed by atoms with Crippen molar-refractivity contribution in [3.8, 4) is 11.1 Å². The first kappa shape index (κ1) is 14.8. The topological polar surface area (TPSA) is 29.9 Å². The summed E-state index contributed by atoms with van der Waals surface area (Å²) in [5.41, 5.74) is 6.45. The van der Waals surface area contributed by atoms with Crippen LogP contribution in [-0.4, -0.2) is 16.3 Å². The van der Waals surface area contributed by atoms with Crippen molar-refractivity contribution in [3.05, 3.63) is 41.2 Å². The normalized spacial score (nSPS) is 11.0. The molecule has 1 aromatic heterocycles. The van der Waals surface area contributed by atoms with Crippen molar-refractivity contribution in [2.24, 2.45) is 0 Å². The highest BCUT2D eigenvalue weighted by molar-refractivity contribution is 5.69. The number of aryl methyl sites for hydroxylation is 2. The van der Waals surface area contributed by atoms with Crippen molar-refractivity contribution in [2.75, 3.05) is 6.54 Å². The van der Waals surface area contributed by atoms with E-state index in [1.807, 2.05) is 6.20 Å². The zero-order valence-electron chi connectivity index (χ0n) is 13.0. The molecule has 0 aliphatic rings. The summed E-state index contributed by atoms with van der Waals surface area (Å²) in [6, 6.07) is 6.69. The molecule has 0 spiro atoms. The van der Waals surface area contributed by atoms with E-state index in [4.69, 9.17) is 0 Å². The lowest BCUT2D eigenvalue weighted by atomic mass is 9.98. The van der Waals surface area contributed by atoms with Gasteiger partial charge < -0.3 is 5.32 Å². The van der Waals surface area contributed by atoms with Gasteiger partial charge in [-0.3, -0.25) is 4.68 Å². The molecule has 1 heterocycles. The Bertz CT molecular complexity index is 570. The van der Waals surface area contributed by atoms with E-state index in [1.54, 1.807) is 0 Å². The molecule has 0 atom stereocenters. The summed E-state index contributed by atoms with van der Waals surface area (Å²) < 4.78 is 2.06. The summed E-state index contributed by atoms with van der Waals surface area (Å²) in [6.07, 6.45) is 3.16. The van der Waals surface area contributed by atoms with Gasteiger partial charge in [0.1, 0.15) is 0 Å². The van der Waals surface area contributed by atoms with Gasteiger partial charge in [-0.15, -0.1) is 0 Å². The van der Waals surface area contributed by atoms with Crippen molar-refractivity contribution >= 4 is 0 Å². The maximum absolute atomic E-state index is 4.47. The van der Waals surface area contributed by atoms with Crippen LogP contribution in [0.3, 0.4) is 0 Å². The van der Waals surface area contributed by atoms with E-state index in [0.29, 0.717) is 0 Å². The summed E-state index contributed by atoms with van der Waals surface area (Å²) in [5, 5.41) is 7.97. The minimum Gasteiger partial charge on any atom is -0.313 e. The average Bonchev–Trinajstić information content (AvgIpc) is 2.81. The first-order chi connectivity index (χ1) is 9.67. The number of rotatable bonds is 6. The predicted molar refractivity (Wildman–Crippen MR) is 84.8 cm³/mol. The summed E-state index contributed by atoms with van der Waals surface area (Å²) in [6.45, 7) is 11.5. The molecule has 20 heavy (non-hydrogen) atoms. The Hall–Kier alpha value is -1.61. The number of aromatic nitrogens is 2. The second-order valence-corrected chi connectivity index (χ2v) is 5.30. The van der Waals surface area contributed by atoms with E-state index in [1.165, 1.54) is 27.9 Å². The van der Waals surface area contributed by atoms with Crippen LogP contribution in [0.15, 0.2) is 24.4 Å². The van der Waals surface area contributed by atoms with Crippen molar-refractivity contribution in [1.29, 1.82) is 0 Å². The minimum atomic E-state index is 0.917. The Morgan fingerprint density at radius 2 is 1.95 bits per heavy atom. The summed E-state index contributed by atoms with van der Waals surface area (Å²) in [7, 11) is 0. The van der Waals surface area contributed by atoms with Gasteiger partial charge in [0.05, 0.1) is 6.20 Å². The monoisotopic (exact) mass is 271 g/mol. The van der Waals surface area contributed by atoms with Crippen LogP contribution in [0.2, 0.25) is 0 Å². The molecule has 0 fully saturated rings. The van der Waals surface area contributed by atoms with Crippen LogP contribution in [-0.2, 0) is 13.1 Å². The highest BCUT2D eigenvalue weighted by atomic mass is 15.3. The predicted octanol–water partition coefficient (Wildman–Crippen LogP) is 3.69. The third-order valence-corrected chi connectivity index (χ3v) is 3.70. The highest BCUT2D eigenvalue weighted by Gasteiger charge is 2.11. The van der Waals surface area contributed by atoms with Crippen LogP contribution in [0.25, 0.3) is 11.1 Å². The molecule has 108 valence electrons. The van der Waals surface area contributed by atoms with Gasteiger partial charge in [-0.2, -0.15) is 5.10 Å². The third kappa shape index (κ3) is 3.10. The molecule has 1 N–H and O–H groups in total. The van der Waals surface area contributed by atoms with Crippen LogP contribution in [0.5, 0.6) is 0 Å². The molecule has 0 unspecified atom stereocenters. The van der Waals surface area contributed by atoms with Crippen LogP contribution in [0.1, 0.15) is 37.1 Å². The molecule has 1 aromatic carbocycles. The molecular formula is C17H25N3. The maximum atomic E-state index is 4.47. The van der Waals surface area contributed by atoms with E-state index < -0.39 is 0 Å². The summed E-state index contributed by atoms with van der Waals surface area (Å²) in [5.74, 6) is 0. The fourth-order valence-corrected chi connectivity index (χ4v) is 2.52. The quantitative estimate of drug-likeness (QED) is 0.812. The van der Waals surface area contributed by atoms with Gasteiger partial charge in [0.15, 0.2) is 0 Å². The standard InChI is InChI=1S/C17H25N3/c1-5-9-18-11-15-8-7-13(3)10-16(15)17-12-19-20(6-2)14(17)4/h7-8,10,12,18H,5-6,9,11H2,1-4H3. The second-order valence-electron chi connectivity index (χ2n) is 5.30. The molecule has 0 amide bonds. The highest BCUT2D eigenvalue weighted by Crippen LogP contribution is 2.28. The lowest BCUT2D eigenvalue weighted by Gasteiger charge is -2.12. The van der Waals surface area contributed by atoms with E-state index in [-0.39, 0.29) is 0 Å². The molecule has 0 radical (unpaired) electrons. The molecule has 2 aromatic rings. The number of hydrogen-bond acceptors (Lipinski definition) is 2. The van der Waals surface area contributed by atoms with Gasteiger partial charge in [0.2, 0.25) is 0 Å². The molecule has 3 nitrogen and oxygen atoms in total. The van der Waals surface area contributed by atoms with Gasteiger partial charge in [0.25, 0.3) is 0 Å². The number of nitrogens with one attached hydrogen (secondary N) is 1. The Morgan fingerprint density at radius 1 is 1.15 bits per heavy atom. The van der Waals surface area contributed by atoms with Gasteiger partial charge in [-0.05, 0) is 44.9 Å². The summed E-state index contributed by atoms with van der Waals surface area (Å²) >= 11 is 0. The van der Waals surface area contributed by atoms with Crippen molar-refractivity contribution < 1.29 is 0 Å². The Kier molecular flexibility index (Phi) is 4.96. The van der Waals surface area contributed by atoms with Crippen LogP contribution >= 0.6 is 0 Å². The first-order valence-corrected chi connectivity index (χ1v) is 7.50. The molecule has 0 aliphatic carbocycles. The van der Waals surface area contributed by atoms with E-state index in [2.05, 4.69) is 61.0 Å². The van der Waals surface area contributed by atoms with Crippen LogP contribution in [0, 0.1) is 13.8 Å². The van der Waals surface area contributed by atoms with Crippen LogP contribution < -0.4 is 5.32 Å². The lowest BCUT2D eigenvalue weighted by molar-refractivity contribution is 0.640. The summed E-state index contributed by atoms with van der Waals surface area (Å²) in [4.78, 5) is 0.